The number of aromatic nitrogens is 2. The molecule has 0 fully saturated rings. The van der Waals surface area contributed by atoms with E-state index in [2.05, 4.69) is 20.6 Å². The summed E-state index contributed by atoms with van der Waals surface area (Å²) in [7, 11) is 0. The molecule has 26 heavy (non-hydrogen) atoms. The lowest BCUT2D eigenvalue weighted by molar-refractivity contribution is -0.136. The zero-order valence-electron chi connectivity index (χ0n) is 14.0. The summed E-state index contributed by atoms with van der Waals surface area (Å²) in [6.07, 6.45) is -3.14. The van der Waals surface area contributed by atoms with Crippen molar-refractivity contribution in [1.29, 1.82) is 0 Å². The SMILES string of the molecule is Cc1ccc(CNc2cc(Nc3ccccc3C(F)(F)F)ncn2)cc1. The zero-order chi connectivity index (χ0) is 18.6. The fraction of sp³-hybridized carbons (Fsp3) is 0.158. The van der Waals surface area contributed by atoms with Crippen LogP contribution in [0.3, 0.4) is 0 Å². The molecule has 0 spiro atoms. The summed E-state index contributed by atoms with van der Waals surface area (Å²) in [5, 5.41) is 5.85. The first kappa shape index (κ1) is 17.7. The number of hydrogen-bond acceptors (Lipinski definition) is 4. The Morgan fingerprint density at radius 2 is 1.62 bits per heavy atom. The van der Waals surface area contributed by atoms with Gasteiger partial charge in [0, 0.05) is 12.6 Å². The first-order chi connectivity index (χ1) is 12.4. The maximum absolute atomic E-state index is 13.1. The molecule has 0 aliphatic heterocycles. The van der Waals surface area contributed by atoms with Gasteiger partial charge in [0.15, 0.2) is 0 Å². The van der Waals surface area contributed by atoms with Crippen LogP contribution >= 0.6 is 0 Å². The highest BCUT2D eigenvalue weighted by molar-refractivity contribution is 5.63. The molecule has 2 N–H and O–H groups in total. The monoisotopic (exact) mass is 358 g/mol. The number of aryl methyl sites for hydroxylation is 1. The van der Waals surface area contributed by atoms with Crippen LogP contribution in [0.15, 0.2) is 60.9 Å². The molecular weight excluding hydrogens is 341 g/mol. The van der Waals surface area contributed by atoms with Crippen molar-refractivity contribution >= 4 is 17.3 Å². The van der Waals surface area contributed by atoms with Crippen molar-refractivity contribution in [2.45, 2.75) is 19.6 Å². The molecule has 0 atom stereocenters. The average molecular weight is 358 g/mol. The van der Waals surface area contributed by atoms with Crippen LogP contribution in [-0.4, -0.2) is 9.97 Å². The minimum atomic E-state index is -4.44. The van der Waals surface area contributed by atoms with Gasteiger partial charge in [-0.3, -0.25) is 0 Å². The molecule has 7 heteroatoms. The van der Waals surface area contributed by atoms with Gasteiger partial charge in [0.05, 0.1) is 11.3 Å². The second-order valence-electron chi connectivity index (χ2n) is 5.80. The molecule has 0 unspecified atom stereocenters. The van der Waals surface area contributed by atoms with Gasteiger partial charge in [0.25, 0.3) is 0 Å². The van der Waals surface area contributed by atoms with Crippen molar-refractivity contribution in [3.8, 4) is 0 Å². The Bertz CT molecular complexity index is 876. The van der Waals surface area contributed by atoms with Crippen molar-refractivity contribution in [1.82, 2.24) is 9.97 Å². The minimum absolute atomic E-state index is 0.0526. The third-order valence-corrected chi connectivity index (χ3v) is 3.76. The van der Waals surface area contributed by atoms with E-state index in [-0.39, 0.29) is 11.5 Å². The van der Waals surface area contributed by atoms with Crippen LogP contribution in [0.5, 0.6) is 0 Å². The maximum Gasteiger partial charge on any atom is 0.418 e. The summed E-state index contributed by atoms with van der Waals surface area (Å²) in [5.74, 6) is 0.802. The quantitative estimate of drug-likeness (QED) is 0.661. The third-order valence-electron chi connectivity index (χ3n) is 3.76. The van der Waals surface area contributed by atoms with E-state index in [1.165, 1.54) is 30.1 Å². The molecule has 0 amide bonds. The molecule has 0 aliphatic carbocycles. The number of nitrogens with zero attached hydrogens (tertiary/aromatic N) is 2. The summed E-state index contributed by atoms with van der Waals surface area (Å²) in [4.78, 5) is 8.10. The predicted octanol–water partition coefficient (Wildman–Crippen LogP) is 5.16. The van der Waals surface area contributed by atoms with Gasteiger partial charge in [-0.2, -0.15) is 13.2 Å². The Morgan fingerprint density at radius 1 is 0.923 bits per heavy atom. The number of hydrogen-bond donors (Lipinski definition) is 2. The number of nitrogens with one attached hydrogen (secondary N) is 2. The summed E-state index contributed by atoms with van der Waals surface area (Å²) in [6, 6.07) is 14.9. The van der Waals surface area contributed by atoms with Gasteiger partial charge in [-0.1, -0.05) is 42.0 Å². The number of alkyl halides is 3. The molecule has 3 rings (SSSR count). The van der Waals surface area contributed by atoms with E-state index in [0.717, 1.165) is 11.6 Å². The van der Waals surface area contributed by atoms with Crippen LogP contribution in [0.1, 0.15) is 16.7 Å². The Morgan fingerprint density at radius 3 is 2.35 bits per heavy atom. The molecule has 3 aromatic rings. The average Bonchev–Trinajstić information content (AvgIpc) is 2.61. The van der Waals surface area contributed by atoms with Crippen LogP contribution in [0.2, 0.25) is 0 Å². The first-order valence-electron chi connectivity index (χ1n) is 7.96. The van der Waals surface area contributed by atoms with E-state index in [1.54, 1.807) is 6.07 Å². The van der Waals surface area contributed by atoms with Crippen LogP contribution in [-0.2, 0) is 12.7 Å². The zero-order valence-corrected chi connectivity index (χ0v) is 14.0. The Balaban J connectivity index is 1.73. The number of anilines is 3. The summed E-state index contributed by atoms with van der Waals surface area (Å²) >= 11 is 0. The van der Waals surface area contributed by atoms with Crippen molar-refractivity contribution < 1.29 is 13.2 Å². The van der Waals surface area contributed by atoms with Crippen molar-refractivity contribution in [2.75, 3.05) is 10.6 Å². The van der Waals surface area contributed by atoms with E-state index >= 15 is 0 Å². The Hall–Kier alpha value is -3.09. The van der Waals surface area contributed by atoms with E-state index in [9.17, 15) is 13.2 Å². The third kappa shape index (κ3) is 4.50. The van der Waals surface area contributed by atoms with Gasteiger partial charge in [-0.25, -0.2) is 9.97 Å². The van der Waals surface area contributed by atoms with Crippen molar-refractivity contribution in [3.05, 3.63) is 77.6 Å². The highest BCUT2D eigenvalue weighted by Crippen LogP contribution is 2.35. The molecule has 1 aromatic heterocycles. The number of halogens is 3. The lowest BCUT2D eigenvalue weighted by Gasteiger charge is -2.14. The summed E-state index contributed by atoms with van der Waals surface area (Å²) in [6.45, 7) is 2.56. The number of rotatable bonds is 5. The highest BCUT2D eigenvalue weighted by atomic mass is 19.4. The van der Waals surface area contributed by atoms with Gasteiger partial charge in [0.2, 0.25) is 0 Å². The first-order valence-corrected chi connectivity index (χ1v) is 7.96. The molecule has 1 heterocycles. The molecule has 0 saturated carbocycles. The van der Waals surface area contributed by atoms with Gasteiger partial charge in [-0.05, 0) is 24.6 Å². The molecule has 0 bridgehead atoms. The molecule has 134 valence electrons. The maximum atomic E-state index is 13.1. The predicted molar refractivity (Wildman–Crippen MR) is 95.3 cm³/mol. The van der Waals surface area contributed by atoms with Crippen LogP contribution in [0, 0.1) is 6.92 Å². The highest BCUT2D eigenvalue weighted by Gasteiger charge is 2.33. The minimum Gasteiger partial charge on any atom is -0.366 e. The summed E-state index contributed by atoms with van der Waals surface area (Å²) in [5.41, 5.74) is 1.45. The molecule has 2 aromatic carbocycles. The number of para-hydroxylation sites is 1. The van der Waals surface area contributed by atoms with Gasteiger partial charge in [0.1, 0.15) is 18.0 Å². The van der Waals surface area contributed by atoms with Crippen LogP contribution in [0.4, 0.5) is 30.5 Å². The molecule has 4 nitrogen and oxygen atoms in total. The molecular formula is C19H17F3N4. The largest absolute Gasteiger partial charge is 0.418 e. The van der Waals surface area contributed by atoms with Gasteiger partial charge < -0.3 is 10.6 Å². The standard InChI is InChI=1S/C19H17F3N4/c1-13-6-8-14(9-7-13)11-23-17-10-18(25-12-24-17)26-16-5-3-2-4-15(16)19(20,21)22/h2-10,12H,11H2,1H3,(H2,23,24,25,26). The second kappa shape index (κ2) is 7.43. The lowest BCUT2D eigenvalue weighted by atomic mass is 10.1. The molecule has 0 aliphatic rings. The normalized spacial score (nSPS) is 11.2. The van der Waals surface area contributed by atoms with Gasteiger partial charge in [-0.15, -0.1) is 0 Å². The van der Waals surface area contributed by atoms with Crippen LogP contribution in [0.25, 0.3) is 0 Å². The summed E-state index contributed by atoms with van der Waals surface area (Å²) < 4.78 is 39.2. The number of benzene rings is 2. The lowest BCUT2D eigenvalue weighted by Crippen LogP contribution is -2.09. The smallest absolute Gasteiger partial charge is 0.366 e. The second-order valence-corrected chi connectivity index (χ2v) is 5.80. The Labute approximate surface area is 149 Å². The fourth-order valence-electron chi connectivity index (χ4n) is 2.40. The van der Waals surface area contributed by atoms with E-state index in [1.807, 2.05) is 31.2 Å². The van der Waals surface area contributed by atoms with Gasteiger partial charge >= 0.3 is 6.18 Å². The van der Waals surface area contributed by atoms with E-state index < -0.39 is 11.7 Å². The fourth-order valence-corrected chi connectivity index (χ4v) is 2.40. The van der Waals surface area contributed by atoms with E-state index in [0.29, 0.717) is 12.4 Å². The van der Waals surface area contributed by atoms with Crippen LogP contribution < -0.4 is 10.6 Å². The molecule has 0 saturated heterocycles. The Kier molecular flexibility index (Phi) is 5.06. The topological polar surface area (TPSA) is 49.8 Å². The van der Waals surface area contributed by atoms with Crippen molar-refractivity contribution in [2.24, 2.45) is 0 Å². The van der Waals surface area contributed by atoms with Crippen molar-refractivity contribution in [3.63, 3.8) is 0 Å². The van der Waals surface area contributed by atoms with E-state index in [4.69, 9.17) is 0 Å². The molecule has 0 radical (unpaired) electrons.